The Bertz CT molecular complexity index is 824. The maximum atomic E-state index is 13.0. The van der Waals surface area contributed by atoms with Gasteiger partial charge >= 0.3 is 0 Å². The third-order valence-electron chi connectivity index (χ3n) is 6.33. The summed E-state index contributed by atoms with van der Waals surface area (Å²) >= 11 is 0. The summed E-state index contributed by atoms with van der Waals surface area (Å²) in [5, 5.41) is 2.88. The molecule has 0 spiro atoms. The Morgan fingerprint density at radius 1 is 1.17 bits per heavy atom. The van der Waals surface area contributed by atoms with E-state index in [1.807, 2.05) is 44.2 Å². The van der Waals surface area contributed by atoms with Crippen molar-refractivity contribution in [1.82, 2.24) is 10.2 Å². The number of fused-ring (bicyclic) bond motifs is 1. The number of hydrogen-bond acceptors (Lipinski definition) is 4. The highest BCUT2D eigenvalue weighted by Gasteiger charge is 2.44. The number of sulfone groups is 1. The van der Waals surface area contributed by atoms with E-state index in [0.29, 0.717) is 19.3 Å². The van der Waals surface area contributed by atoms with Gasteiger partial charge in [0, 0.05) is 18.0 Å². The highest BCUT2D eigenvalue weighted by molar-refractivity contribution is 7.91. The van der Waals surface area contributed by atoms with Gasteiger partial charge < -0.3 is 10.2 Å². The molecule has 0 aromatic heterocycles. The second-order valence-electron chi connectivity index (χ2n) is 8.43. The first-order chi connectivity index (χ1) is 13.8. The Morgan fingerprint density at radius 2 is 1.86 bits per heavy atom. The van der Waals surface area contributed by atoms with Crippen molar-refractivity contribution < 1.29 is 18.0 Å². The predicted octanol–water partition coefficient (Wildman–Crippen LogP) is 2.33. The average molecular weight is 421 g/mol. The summed E-state index contributed by atoms with van der Waals surface area (Å²) in [5.41, 5.74) is 1.00. The molecule has 2 saturated heterocycles. The van der Waals surface area contributed by atoms with Crippen molar-refractivity contribution in [2.75, 3.05) is 11.5 Å². The van der Waals surface area contributed by atoms with Gasteiger partial charge in [0.05, 0.1) is 11.5 Å². The molecule has 1 N–H and O–H groups in total. The average Bonchev–Trinajstić information content (AvgIpc) is 3.11. The van der Waals surface area contributed by atoms with E-state index >= 15 is 0 Å². The van der Waals surface area contributed by atoms with E-state index in [-0.39, 0.29) is 41.3 Å². The van der Waals surface area contributed by atoms with Crippen molar-refractivity contribution in [2.45, 2.75) is 70.5 Å². The van der Waals surface area contributed by atoms with Crippen LogP contribution in [0.15, 0.2) is 30.3 Å². The lowest BCUT2D eigenvalue weighted by Gasteiger charge is -2.38. The molecule has 0 bridgehead atoms. The van der Waals surface area contributed by atoms with Crippen molar-refractivity contribution in [1.29, 1.82) is 0 Å². The second-order valence-corrected chi connectivity index (χ2v) is 10.7. The lowest BCUT2D eigenvalue weighted by Crippen LogP contribution is -2.57. The molecule has 1 aromatic rings. The first-order valence-corrected chi connectivity index (χ1v) is 12.5. The molecule has 7 heteroatoms. The minimum absolute atomic E-state index is 0.00804. The van der Waals surface area contributed by atoms with Crippen molar-refractivity contribution in [2.24, 2.45) is 5.92 Å². The van der Waals surface area contributed by atoms with E-state index in [0.717, 1.165) is 24.8 Å². The van der Waals surface area contributed by atoms with Gasteiger partial charge in [-0.25, -0.2) is 8.42 Å². The van der Waals surface area contributed by atoms with Crippen molar-refractivity contribution >= 4 is 21.7 Å². The molecule has 160 valence electrons. The number of piperidine rings is 1. The second kappa shape index (κ2) is 9.28. The fraction of sp³-hybridized carbons (Fsp3) is 0.636. The predicted molar refractivity (Wildman–Crippen MR) is 113 cm³/mol. The minimum Gasteiger partial charge on any atom is -0.344 e. The van der Waals surface area contributed by atoms with Gasteiger partial charge in [-0.3, -0.25) is 9.59 Å². The zero-order chi connectivity index (χ0) is 21.0. The molecule has 0 saturated carbocycles. The van der Waals surface area contributed by atoms with E-state index in [4.69, 9.17) is 0 Å². The Kier molecular flexibility index (Phi) is 6.98. The Labute approximate surface area is 174 Å². The zero-order valence-corrected chi connectivity index (χ0v) is 18.2. The van der Waals surface area contributed by atoms with Crippen LogP contribution >= 0.6 is 0 Å². The normalized spacial score (nSPS) is 25.5. The maximum absolute atomic E-state index is 13.0. The molecule has 2 heterocycles. The van der Waals surface area contributed by atoms with E-state index in [2.05, 4.69) is 5.32 Å². The molecule has 3 rings (SSSR count). The standard InChI is InChI=1S/C22H32N2O4S/c1-3-16(2)21(25)23-20-12-11-18-9-10-19(24(18)22(20)26)15-29(27,28)14-13-17-7-5-4-6-8-17/h4-8,16,18-20H,3,9-15H2,1-2H3,(H,23,25)/t16?,18-,19+,20+/m1/s1. The van der Waals surface area contributed by atoms with Gasteiger partial charge in [0.25, 0.3) is 0 Å². The molecule has 4 atom stereocenters. The Balaban J connectivity index is 1.62. The van der Waals surface area contributed by atoms with Crippen LogP contribution in [0.25, 0.3) is 0 Å². The summed E-state index contributed by atoms with van der Waals surface area (Å²) < 4.78 is 25.4. The summed E-state index contributed by atoms with van der Waals surface area (Å²) in [6, 6.07) is 8.88. The van der Waals surface area contributed by atoms with Crippen LogP contribution in [0.4, 0.5) is 0 Å². The molecule has 6 nitrogen and oxygen atoms in total. The Hall–Kier alpha value is -1.89. The lowest BCUT2D eigenvalue weighted by molar-refractivity contribution is -0.142. The smallest absolute Gasteiger partial charge is 0.245 e. The molecule has 2 fully saturated rings. The quantitative estimate of drug-likeness (QED) is 0.700. The number of carbonyl (C=O) groups excluding carboxylic acids is 2. The van der Waals surface area contributed by atoms with Gasteiger partial charge in [0.2, 0.25) is 11.8 Å². The van der Waals surface area contributed by atoms with Gasteiger partial charge in [-0.15, -0.1) is 0 Å². The van der Waals surface area contributed by atoms with Crippen LogP contribution in [-0.4, -0.2) is 54.8 Å². The van der Waals surface area contributed by atoms with Crippen LogP contribution in [0.5, 0.6) is 0 Å². The number of amides is 2. The summed E-state index contributed by atoms with van der Waals surface area (Å²) in [5.74, 6) is -0.245. The van der Waals surface area contributed by atoms with Gasteiger partial charge in [-0.05, 0) is 44.1 Å². The van der Waals surface area contributed by atoms with E-state index in [1.54, 1.807) is 4.90 Å². The van der Waals surface area contributed by atoms with Crippen LogP contribution < -0.4 is 5.32 Å². The number of nitrogens with one attached hydrogen (secondary N) is 1. The molecule has 0 radical (unpaired) electrons. The van der Waals surface area contributed by atoms with Crippen molar-refractivity contribution in [3.8, 4) is 0 Å². The van der Waals surface area contributed by atoms with Crippen molar-refractivity contribution in [3.05, 3.63) is 35.9 Å². The van der Waals surface area contributed by atoms with Gasteiger partial charge in [-0.2, -0.15) is 0 Å². The highest BCUT2D eigenvalue weighted by atomic mass is 32.2. The number of benzene rings is 1. The number of aryl methyl sites for hydroxylation is 1. The van der Waals surface area contributed by atoms with E-state index < -0.39 is 15.9 Å². The fourth-order valence-corrected chi connectivity index (χ4v) is 5.99. The SMILES string of the molecule is CCC(C)C(=O)N[C@H]1CC[C@H]2CC[C@@H](CS(=O)(=O)CCc3ccccc3)N2C1=O. The molecule has 0 aliphatic carbocycles. The molecular weight excluding hydrogens is 388 g/mol. The van der Waals surface area contributed by atoms with E-state index in [9.17, 15) is 18.0 Å². The molecular formula is C22H32N2O4S. The third-order valence-corrected chi connectivity index (χ3v) is 8.05. The van der Waals surface area contributed by atoms with Gasteiger partial charge in [0.1, 0.15) is 6.04 Å². The topological polar surface area (TPSA) is 83.6 Å². The zero-order valence-electron chi connectivity index (χ0n) is 17.3. The lowest BCUT2D eigenvalue weighted by atomic mass is 9.97. The van der Waals surface area contributed by atoms with Crippen molar-refractivity contribution in [3.63, 3.8) is 0 Å². The number of hydrogen-bond donors (Lipinski definition) is 1. The number of nitrogens with zero attached hydrogens (tertiary/aromatic N) is 1. The van der Waals surface area contributed by atoms with Crippen LogP contribution in [-0.2, 0) is 25.8 Å². The maximum Gasteiger partial charge on any atom is 0.245 e. The van der Waals surface area contributed by atoms with E-state index in [1.165, 1.54) is 0 Å². The highest BCUT2D eigenvalue weighted by Crippen LogP contribution is 2.33. The third kappa shape index (κ3) is 5.38. The number of rotatable bonds is 8. The molecule has 2 aliphatic rings. The summed E-state index contributed by atoms with van der Waals surface area (Å²) in [6.45, 7) is 3.79. The molecule has 1 unspecified atom stereocenters. The minimum atomic E-state index is -3.28. The van der Waals surface area contributed by atoms with Crippen LogP contribution in [0, 0.1) is 5.92 Å². The molecule has 2 amide bonds. The summed E-state index contributed by atoms with van der Waals surface area (Å²) in [4.78, 5) is 27.0. The first kappa shape index (κ1) is 21.8. The summed E-state index contributed by atoms with van der Waals surface area (Å²) in [6.07, 6.45) is 4.22. The Morgan fingerprint density at radius 3 is 2.55 bits per heavy atom. The van der Waals surface area contributed by atoms with Crippen LogP contribution in [0.1, 0.15) is 51.5 Å². The van der Waals surface area contributed by atoms with Gasteiger partial charge in [-0.1, -0.05) is 44.2 Å². The van der Waals surface area contributed by atoms with Crippen LogP contribution in [0.2, 0.25) is 0 Å². The summed E-state index contributed by atoms with van der Waals surface area (Å²) in [7, 11) is -3.28. The fourth-order valence-electron chi connectivity index (χ4n) is 4.36. The number of carbonyl (C=O) groups is 2. The van der Waals surface area contributed by atoms with Crippen LogP contribution in [0.3, 0.4) is 0 Å². The largest absolute Gasteiger partial charge is 0.344 e. The van der Waals surface area contributed by atoms with Gasteiger partial charge in [0.15, 0.2) is 9.84 Å². The monoisotopic (exact) mass is 420 g/mol. The molecule has 29 heavy (non-hydrogen) atoms. The first-order valence-electron chi connectivity index (χ1n) is 10.7. The molecule has 2 aliphatic heterocycles. The molecule has 1 aromatic carbocycles.